The molecule has 22 heavy (non-hydrogen) atoms. The summed E-state index contributed by atoms with van der Waals surface area (Å²) in [5.74, 6) is -0.268. The smallest absolute Gasteiger partial charge is 0.308 e. The van der Waals surface area contributed by atoms with Crippen LogP contribution in [-0.2, 0) is 23.4 Å². The fraction of sp³-hybridized carbons (Fsp3) is 0.938. The van der Waals surface area contributed by atoms with E-state index in [0.717, 1.165) is 0 Å². The highest BCUT2D eigenvalue weighted by atomic mass is 28.4. The monoisotopic (exact) mass is 334 g/mol. The zero-order valence-electron chi connectivity index (χ0n) is 15.5. The topological polar surface area (TPSA) is 54.0 Å². The Balaban J connectivity index is 4.99. The Morgan fingerprint density at radius 3 is 1.95 bits per heavy atom. The Kier molecular flexibility index (Phi) is 9.46. The fourth-order valence-electron chi connectivity index (χ4n) is 1.81. The van der Waals surface area contributed by atoms with Crippen LogP contribution in [0.25, 0.3) is 0 Å². The normalized spacial score (nSPS) is 14.2. The van der Waals surface area contributed by atoms with Crippen molar-refractivity contribution < 1.29 is 23.4 Å². The highest BCUT2D eigenvalue weighted by Gasteiger charge is 2.40. The SMILES string of the molecule is CCOC(CC(CC(=O)OC)O[Si](C)(C)C(C)(C)C)OCC. The minimum absolute atomic E-state index is 0.0775. The van der Waals surface area contributed by atoms with Gasteiger partial charge in [-0.05, 0) is 32.0 Å². The molecule has 0 fully saturated rings. The molecule has 0 bridgehead atoms. The summed E-state index contributed by atoms with van der Waals surface area (Å²) in [7, 11) is -0.582. The Labute approximate surface area is 136 Å². The number of carbonyl (C=O) groups is 1. The van der Waals surface area contributed by atoms with Crippen molar-refractivity contribution in [2.24, 2.45) is 0 Å². The summed E-state index contributed by atoms with van der Waals surface area (Å²) in [6.45, 7) is 15.9. The van der Waals surface area contributed by atoms with E-state index in [1.54, 1.807) is 0 Å². The second kappa shape index (κ2) is 9.65. The second-order valence-corrected chi connectivity index (χ2v) is 11.6. The number of hydrogen-bond acceptors (Lipinski definition) is 5. The molecule has 6 heteroatoms. The third-order valence-corrected chi connectivity index (χ3v) is 8.58. The molecule has 132 valence electrons. The Hall–Kier alpha value is -0.433. The number of ether oxygens (including phenoxy) is 3. The molecule has 0 heterocycles. The van der Waals surface area contributed by atoms with Gasteiger partial charge >= 0.3 is 5.97 Å². The molecule has 1 atom stereocenters. The van der Waals surface area contributed by atoms with Gasteiger partial charge in [-0.2, -0.15) is 0 Å². The van der Waals surface area contributed by atoms with Gasteiger partial charge in [0.15, 0.2) is 14.6 Å². The van der Waals surface area contributed by atoms with Crippen molar-refractivity contribution in [2.45, 2.75) is 78.0 Å². The van der Waals surface area contributed by atoms with Crippen LogP contribution in [0.1, 0.15) is 47.5 Å². The van der Waals surface area contributed by atoms with Crippen LogP contribution < -0.4 is 0 Å². The van der Waals surface area contributed by atoms with Crippen molar-refractivity contribution in [1.29, 1.82) is 0 Å². The van der Waals surface area contributed by atoms with E-state index in [4.69, 9.17) is 18.6 Å². The Bertz CT molecular complexity index is 319. The largest absolute Gasteiger partial charge is 0.469 e. The van der Waals surface area contributed by atoms with Crippen LogP contribution in [0.5, 0.6) is 0 Å². The van der Waals surface area contributed by atoms with Crippen molar-refractivity contribution >= 4 is 14.3 Å². The average molecular weight is 335 g/mol. The highest BCUT2D eigenvalue weighted by Crippen LogP contribution is 2.38. The molecule has 0 aliphatic rings. The van der Waals surface area contributed by atoms with Crippen LogP contribution in [0.3, 0.4) is 0 Å². The highest BCUT2D eigenvalue weighted by molar-refractivity contribution is 6.74. The van der Waals surface area contributed by atoms with E-state index in [1.807, 2.05) is 13.8 Å². The predicted molar refractivity (Wildman–Crippen MR) is 90.4 cm³/mol. The van der Waals surface area contributed by atoms with Gasteiger partial charge < -0.3 is 18.6 Å². The molecule has 0 aromatic rings. The van der Waals surface area contributed by atoms with Crippen molar-refractivity contribution in [3.05, 3.63) is 0 Å². The van der Waals surface area contributed by atoms with Gasteiger partial charge in [-0.1, -0.05) is 20.8 Å². The van der Waals surface area contributed by atoms with Crippen molar-refractivity contribution in [3.63, 3.8) is 0 Å². The molecule has 0 aliphatic heterocycles. The molecular weight excluding hydrogens is 300 g/mol. The summed E-state index contributed by atoms with van der Waals surface area (Å²) in [6.07, 6.45) is 0.147. The lowest BCUT2D eigenvalue weighted by molar-refractivity contribution is -0.157. The van der Waals surface area contributed by atoms with E-state index >= 15 is 0 Å². The van der Waals surface area contributed by atoms with E-state index in [9.17, 15) is 4.79 Å². The molecule has 0 rings (SSSR count). The maximum atomic E-state index is 11.7. The maximum Gasteiger partial charge on any atom is 0.308 e. The first-order valence-corrected chi connectivity index (χ1v) is 11.0. The van der Waals surface area contributed by atoms with Crippen LogP contribution in [0, 0.1) is 0 Å². The summed E-state index contributed by atoms with van der Waals surface area (Å²) in [4.78, 5) is 11.7. The first kappa shape index (κ1) is 21.6. The van der Waals surface area contributed by atoms with Crippen LogP contribution in [0.15, 0.2) is 0 Å². The molecule has 0 aromatic heterocycles. The van der Waals surface area contributed by atoms with Crippen LogP contribution in [0.4, 0.5) is 0 Å². The first-order chi connectivity index (χ1) is 10.1. The number of methoxy groups -OCH3 is 1. The number of rotatable bonds is 10. The molecular formula is C16H34O5Si. The van der Waals surface area contributed by atoms with Crippen molar-refractivity contribution in [3.8, 4) is 0 Å². The molecule has 0 N–H and O–H groups in total. The quantitative estimate of drug-likeness (QED) is 0.346. The van der Waals surface area contributed by atoms with E-state index in [-0.39, 0.29) is 29.8 Å². The van der Waals surface area contributed by atoms with E-state index < -0.39 is 8.32 Å². The molecule has 0 radical (unpaired) electrons. The van der Waals surface area contributed by atoms with E-state index in [2.05, 4.69) is 33.9 Å². The fourth-order valence-corrected chi connectivity index (χ4v) is 3.17. The van der Waals surface area contributed by atoms with Crippen molar-refractivity contribution in [1.82, 2.24) is 0 Å². The van der Waals surface area contributed by atoms with Gasteiger partial charge in [0.2, 0.25) is 0 Å². The molecule has 0 aliphatic carbocycles. The third kappa shape index (κ3) is 7.72. The summed E-state index contributed by atoms with van der Waals surface area (Å²) < 4.78 is 22.4. The van der Waals surface area contributed by atoms with E-state index in [1.165, 1.54) is 7.11 Å². The number of hydrogen-bond donors (Lipinski definition) is 0. The predicted octanol–water partition coefficient (Wildman–Crippen LogP) is 3.73. The van der Waals surface area contributed by atoms with Crippen molar-refractivity contribution in [2.75, 3.05) is 20.3 Å². The molecule has 5 nitrogen and oxygen atoms in total. The number of esters is 1. The minimum atomic E-state index is -1.98. The molecule has 0 saturated carbocycles. The lowest BCUT2D eigenvalue weighted by atomic mass is 10.2. The summed E-state index contributed by atoms with van der Waals surface area (Å²) >= 11 is 0. The van der Waals surface area contributed by atoms with Gasteiger partial charge in [0, 0.05) is 19.6 Å². The van der Waals surface area contributed by atoms with Crippen LogP contribution >= 0.6 is 0 Å². The lowest BCUT2D eigenvalue weighted by Crippen LogP contribution is -2.45. The van der Waals surface area contributed by atoms with Gasteiger partial charge in [0.05, 0.1) is 19.6 Å². The Morgan fingerprint density at radius 2 is 1.59 bits per heavy atom. The van der Waals surface area contributed by atoms with Gasteiger partial charge in [0.25, 0.3) is 0 Å². The molecule has 0 saturated heterocycles. The van der Waals surface area contributed by atoms with E-state index in [0.29, 0.717) is 19.6 Å². The zero-order chi connectivity index (χ0) is 17.4. The van der Waals surface area contributed by atoms with Gasteiger partial charge in [0.1, 0.15) is 0 Å². The molecule has 0 spiro atoms. The molecule has 0 amide bonds. The summed E-state index contributed by atoms with van der Waals surface area (Å²) in [6, 6.07) is 0. The summed E-state index contributed by atoms with van der Waals surface area (Å²) in [5, 5.41) is 0.0775. The van der Waals surface area contributed by atoms with Gasteiger partial charge in [-0.25, -0.2) is 0 Å². The minimum Gasteiger partial charge on any atom is -0.469 e. The Morgan fingerprint density at radius 1 is 1.09 bits per heavy atom. The standard InChI is InChI=1S/C16H34O5Si/c1-9-19-15(20-10-2)12-13(11-14(17)18-6)21-22(7,8)16(3,4)5/h13,15H,9-12H2,1-8H3. The van der Waals surface area contributed by atoms with Crippen LogP contribution in [0.2, 0.25) is 18.1 Å². The van der Waals surface area contributed by atoms with Gasteiger partial charge in [-0.15, -0.1) is 0 Å². The van der Waals surface area contributed by atoms with Crippen LogP contribution in [-0.4, -0.2) is 47.0 Å². The molecule has 1 unspecified atom stereocenters. The third-order valence-electron chi connectivity index (χ3n) is 4.05. The first-order valence-electron chi connectivity index (χ1n) is 8.05. The molecule has 0 aromatic carbocycles. The maximum absolute atomic E-state index is 11.7. The summed E-state index contributed by atoms with van der Waals surface area (Å²) in [5.41, 5.74) is 0. The van der Waals surface area contributed by atoms with Gasteiger partial charge in [-0.3, -0.25) is 4.79 Å². The second-order valence-electron chi connectivity index (χ2n) is 6.86. The zero-order valence-corrected chi connectivity index (χ0v) is 16.5. The average Bonchev–Trinajstić information content (AvgIpc) is 2.37. The lowest BCUT2D eigenvalue weighted by Gasteiger charge is -2.39. The number of carbonyl (C=O) groups excluding carboxylic acids is 1.